The van der Waals surface area contributed by atoms with Crippen LogP contribution in [0, 0.1) is 11.3 Å². The molecule has 0 saturated heterocycles. The van der Waals surface area contributed by atoms with Crippen LogP contribution < -0.4 is 0 Å². The van der Waals surface area contributed by atoms with Crippen molar-refractivity contribution in [2.24, 2.45) is 11.3 Å². The first kappa shape index (κ1) is 18.2. The molecule has 0 radical (unpaired) electrons. The van der Waals surface area contributed by atoms with Gasteiger partial charge in [0.05, 0.1) is 0 Å². The van der Waals surface area contributed by atoms with E-state index in [1.54, 1.807) is 0 Å². The van der Waals surface area contributed by atoms with Crippen LogP contribution in [0.25, 0.3) is 0 Å². The van der Waals surface area contributed by atoms with Crippen LogP contribution in [0.5, 0.6) is 0 Å². The molecule has 0 heterocycles. The molecule has 1 nitrogen and oxygen atoms in total. The molecule has 0 bridgehead atoms. The lowest BCUT2D eigenvalue weighted by atomic mass is 9.73. The summed E-state index contributed by atoms with van der Waals surface area (Å²) in [5.41, 5.74) is 1.58. The Bertz CT molecular complexity index is 458. The number of hydrogen-bond donors (Lipinski definition) is 0. The number of rotatable bonds is 9. The Kier molecular flexibility index (Phi) is 7.33. The SMILES string of the molecule is CCC(=O)C[C@](C)(CCc1ccccc1)CCC1CCCCC1. The minimum absolute atomic E-state index is 0.181. The van der Waals surface area contributed by atoms with Crippen molar-refractivity contribution in [1.29, 1.82) is 0 Å². The highest BCUT2D eigenvalue weighted by molar-refractivity contribution is 5.78. The lowest BCUT2D eigenvalue weighted by Crippen LogP contribution is -2.23. The van der Waals surface area contributed by atoms with E-state index in [1.807, 2.05) is 6.92 Å². The topological polar surface area (TPSA) is 17.1 Å². The second-order valence-electron chi connectivity index (χ2n) is 7.91. The second kappa shape index (κ2) is 9.25. The first-order valence-electron chi connectivity index (χ1n) is 9.67. The molecule has 23 heavy (non-hydrogen) atoms. The van der Waals surface area contributed by atoms with E-state index in [9.17, 15) is 4.79 Å². The fourth-order valence-electron chi connectivity index (χ4n) is 4.02. The predicted molar refractivity (Wildman–Crippen MR) is 98.6 cm³/mol. The van der Waals surface area contributed by atoms with Crippen molar-refractivity contribution in [1.82, 2.24) is 0 Å². The van der Waals surface area contributed by atoms with Gasteiger partial charge in [-0.1, -0.05) is 76.3 Å². The van der Waals surface area contributed by atoms with E-state index in [0.717, 1.165) is 25.2 Å². The molecule has 1 aliphatic carbocycles. The monoisotopic (exact) mass is 314 g/mol. The van der Waals surface area contributed by atoms with Crippen molar-refractivity contribution in [3.8, 4) is 0 Å². The summed E-state index contributed by atoms with van der Waals surface area (Å²) in [7, 11) is 0. The molecule has 1 saturated carbocycles. The Labute approximate surface area is 142 Å². The molecule has 1 heteroatoms. The number of hydrogen-bond acceptors (Lipinski definition) is 1. The van der Waals surface area contributed by atoms with Crippen LogP contribution in [-0.2, 0) is 11.2 Å². The Morgan fingerprint density at radius 3 is 2.43 bits per heavy atom. The van der Waals surface area contributed by atoms with Gasteiger partial charge in [0.2, 0.25) is 0 Å². The number of ketones is 1. The first-order valence-corrected chi connectivity index (χ1v) is 9.67. The summed E-state index contributed by atoms with van der Waals surface area (Å²) in [6.07, 6.45) is 13.3. The summed E-state index contributed by atoms with van der Waals surface area (Å²) in [5, 5.41) is 0. The Morgan fingerprint density at radius 1 is 1.09 bits per heavy atom. The maximum atomic E-state index is 12.1. The molecule has 0 aliphatic heterocycles. The molecule has 0 amide bonds. The highest BCUT2D eigenvalue weighted by atomic mass is 16.1. The van der Waals surface area contributed by atoms with Crippen LogP contribution >= 0.6 is 0 Å². The molecule has 1 fully saturated rings. The maximum absolute atomic E-state index is 12.1. The fraction of sp³-hybridized carbons (Fsp3) is 0.682. The summed E-state index contributed by atoms with van der Waals surface area (Å²) >= 11 is 0. The Balaban J connectivity index is 1.91. The second-order valence-corrected chi connectivity index (χ2v) is 7.91. The third-order valence-corrected chi connectivity index (χ3v) is 5.76. The van der Waals surface area contributed by atoms with Crippen molar-refractivity contribution >= 4 is 5.78 Å². The van der Waals surface area contributed by atoms with Crippen molar-refractivity contribution < 1.29 is 4.79 Å². The van der Waals surface area contributed by atoms with Gasteiger partial charge >= 0.3 is 0 Å². The Hall–Kier alpha value is -1.11. The van der Waals surface area contributed by atoms with E-state index < -0.39 is 0 Å². The number of carbonyl (C=O) groups is 1. The van der Waals surface area contributed by atoms with Crippen molar-refractivity contribution in [2.45, 2.75) is 84.5 Å². The molecular weight excluding hydrogens is 280 g/mol. The minimum atomic E-state index is 0.181. The van der Waals surface area contributed by atoms with E-state index in [-0.39, 0.29) is 5.41 Å². The first-order chi connectivity index (χ1) is 11.1. The molecule has 0 unspecified atom stereocenters. The molecule has 0 spiro atoms. The predicted octanol–water partition coefficient (Wildman–Crippen LogP) is 6.36. The molecular formula is C22H34O. The van der Waals surface area contributed by atoms with E-state index in [1.165, 1.54) is 50.5 Å². The Morgan fingerprint density at radius 2 is 1.78 bits per heavy atom. The van der Waals surface area contributed by atoms with Gasteiger partial charge in [-0.3, -0.25) is 4.79 Å². The summed E-state index contributed by atoms with van der Waals surface area (Å²) in [4.78, 5) is 12.1. The normalized spacial score (nSPS) is 18.5. The van der Waals surface area contributed by atoms with E-state index in [4.69, 9.17) is 0 Å². The zero-order valence-corrected chi connectivity index (χ0v) is 15.2. The largest absolute Gasteiger partial charge is 0.300 e. The van der Waals surface area contributed by atoms with Gasteiger partial charge in [0.1, 0.15) is 5.78 Å². The van der Waals surface area contributed by atoms with Crippen molar-refractivity contribution in [3.63, 3.8) is 0 Å². The quantitative estimate of drug-likeness (QED) is 0.518. The summed E-state index contributed by atoms with van der Waals surface area (Å²) in [6.45, 7) is 4.35. The van der Waals surface area contributed by atoms with Crippen molar-refractivity contribution in [2.75, 3.05) is 0 Å². The third-order valence-electron chi connectivity index (χ3n) is 5.76. The average molecular weight is 315 g/mol. The van der Waals surface area contributed by atoms with Gasteiger partial charge in [0.15, 0.2) is 0 Å². The van der Waals surface area contributed by atoms with Crippen LogP contribution in [-0.4, -0.2) is 5.78 Å². The van der Waals surface area contributed by atoms with Gasteiger partial charge in [0.25, 0.3) is 0 Å². The highest BCUT2D eigenvalue weighted by Gasteiger charge is 2.28. The van der Waals surface area contributed by atoms with Crippen molar-refractivity contribution in [3.05, 3.63) is 35.9 Å². The van der Waals surface area contributed by atoms with Gasteiger partial charge in [0, 0.05) is 12.8 Å². The van der Waals surface area contributed by atoms with Crippen LogP contribution in [0.1, 0.15) is 83.6 Å². The standard InChI is InChI=1S/C22H34O/c1-3-21(23)18-22(2,16-14-19-10-6-4-7-11-19)17-15-20-12-8-5-9-13-20/h4,6-7,10-11,20H,3,5,8-9,12-18H2,1-2H3/t22-/m1/s1. The summed E-state index contributed by atoms with van der Waals surface area (Å²) in [5.74, 6) is 1.35. The van der Waals surface area contributed by atoms with Gasteiger partial charge in [-0.15, -0.1) is 0 Å². The smallest absolute Gasteiger partial charge is 0.133 e. The van der Waals surface area contributed by atoms with Crippen LogP contribution in [0.4, 0.5) is 0 Å². The molecule has 1 aliphatic rings. The number of carbonyl (C=O) groups excluding carboxylic acids is 1. The molecule has 0 aromatic heterocycles. The number of aryl methyl sites for hydroxylation is 1. The molecule has 1 aromatic carbocycles. The lowest BCUT2D eigenvalue weighted by molar-refractivity contribution is -0.121. The van der Waals surface area contributed by atoms with Gasteiger partial charge < -0.3 is 0 Å². The van der Waals surface area contributed by atoms with E-state index in [2.05, 4.69) is 37.3 Å². The zero-order valence-electron chi connectivity index (χ0n) is 15.2. The van der Waals surface area contributed by atoms with Gasteiger partial charge in [-0.25, -0.2) is 0 Å². The molecule has 2 rings (SSSR count). The number of Topliss-reactive ketones (excluding diaryl/α,β-unsaturated/α-hetero) is 1. The fourth-order valence-corrected chi connectivity index (χ4v) is 4.02. The van der Waals surface area contributed by atoms with E-state index in [0.29, 0.717) is 12.2 Å². The van der Waals surface area contributed by atoms with Crippen LogP contribution in [0.3, 0.4) is 0 Å². The summed E-state index contributed by atoms with van der Waals surface area (Å²) in [6, 6.07) is 10.7. The molecule has 1 atom stereocenters. The van der Waals surface area contributed by atoms with Crippen LogP contribution in [0.15, 0.2) is 30.3 Å². The lowest BCUT2D eigenvalue weighted by Gasteiger charge is -2.32. The summed E-state index contributed by atoms with van der Waals surface area (Å²) < 4.78 is 0. The number of benzene rings is 1. The molecule has 1 aromatic rings. The minimum Gasteiger partial charge on any atom is -0.300 e. The molecule has 128 valence electrons. The molecule has 0 N–H and O–H groups in total. The van der Waals surface area contributed by atoms with E-state index >= 15 is 0 Å². The van der Waals surface area contributed by atoms with Gasteiger partial charge in [-0.2, -0.15) is 0 Å². The van der Waals surface area contributed by atoms with Gasteiger partial charge in [-0.05, 0) is 42.6 Å². The maximum Gasteiger partial charge on any atom is 0.133 e. The average Bonchev–Trinajstić information content (AvgIpc) is 2.60. The highest BCUT2D eigenvalue weighted by Crippen LogP contribution is 2.38. The zero-order chi connectivity index (χ0) is 16.5. The van der Waals surface area contributed by atoms with Crippen LogP contribution in [0.2, 0.25) is 0 Å². The third kappa shape index (κ3) is 6.49.